The molecular formula is C31H44N2O7. The summed E-state index contributed by atoms with van der Waals surface area (Å²) in [6, 6.07) is 1.85. The van der Waals surface area contributed by atoms with E-state index in [0.29, 0.717) is 0 Å². The molecule has 0 aliphatic heterocycles. The Morgan fingerprint density at radius 2 is 0.925 bits per heavy atom. The predicted octanol–water partition coefficient (Wildman–Crippen LogP) is 4.03. The third kappa shape index (κ3) is 2.38. The second-order valence-corrected chi connectivity index (χ2v) is 16.1. The van der Waals surface area contributed by atoms with E-state index in [4.69, 9.17) is 14.2 Å². The fourth-order valence-corrected chi connectivity index (χ4v) is 10.4. The third-order valence-electron chi connectivity index (χ3n) is 10.1. The van der Waals surface area contributed by atoms with Crippen molar-refractivity contribution in [2.24, 2.45) is 44.8 Å². The predicted molar refractivity (Wildman–Crippen MR) is 143 cm³/mol. The summed E-state index contributed by atoms with van der Waals surface area (Å²) in [5, 5.41) is 10.5. The van der Waals surface area contributed by atoms with Gasteiger partial charge in [-0.05, 0) is 90.0 Å². The van der Waals surface area contributed by atoms with E-state index >= 15 is 4.79 Å². The van der Waals surface area contributed by atoms with Crippen LogP contribution in [0.4, 0.5) is 0 Å². The van der Waals surface area contributed by atoms with Gasteiger partial charge < -0.3 is 19.1 Å². The zero-order valence-corrected chi connectivity index (χ0v) is 26.1. The minimum atomic E-state index is -1.74. The maximum absolute atomic E-state index is 15.0. The van der Waals surface area contributed by atoms with E-state index in [1.54, 1.807) is 67.2 Å². The fourth-order valence-electron chi connectivity index (χ4n) is 10.4. The number of rotatable bonds is 6. The third-order valence-corrected chi connectivity index (χ3v) is 10.1. The van der Waals surface area contributed by atoms with Crippen LogP contribution < -0.4 is 0 Å². The Labute approximate surface area is 237 Å². The number of nitriles is 1. The van der Waals surface area contributed by atoms with Crippen LogP contribution >= 0.6 is 0 Å². The highest BCUT2D eigenvalue weighted by atomic mass is 16.6. The topological polar surface area (TPSA) is 123 Å². The van der Waals surface area contributed by atoms with Gasteiger partial charge in [0, 0.05) is 29.8 Å². The molecule has 6 aliphatic carbocycles. The van der Waals surface area contributed by atoms with Gasteiger partial charge in [-0.2, -0.15) is 5.26 Å². The van der Waals surface area contributed by atoms with E-state index in [2.05, 4.69) is 6.07 Å². The highest BCUT2D eigenvalue weighted by molar-refractivity contribution is 6.19. The van der Waals surface area contributed by atoms with Crippen LogP contribution in [0.15, 0.2) is 0 Å². The van der Waals surface area contributed by atoms with Crippen molar-refractivity contribution in [3.8, 4) is 6.07 Å². The van der Waals surface area contributed by atoms with Crippen molar-refractivity contribution < 1.29 is 33.4 Å². The molecule has 0 aromatic carbocycles. The van der Waals surface area contributed by atoms with Gasteiger partial charge in [-0.25, -0.2) is 0 Å². The summed E-state index contributed by atoms with van der Waals surface area (Å²) in [5.74, 6) is -4.59. The molecule has 0 atom stereocenters. The normalized spacial score (nSPS) is 41.2. The Kier molecular flexibility index (Phi) is 5.22. The highest BCUT2D eigenvalue weighted by Gasteiger charge is 3.32. The Morgan fingerprint density at radius 3 is 1.12 bits per heavy atom. The Bertz CT molecular complexity index is 1140. The zero-order chi connectivity index (χ0) is 30.6. The summed E-state index contributed by atoms with van der Waals surface area (Å²) < 4.78 is 17.8. The van der Waals surface area contributed by atoms with Gasteiger partial charge in [0.05, 0.1) is 33.1 Å². The lowest BCUT2D eigenvalue weighted by Gasteiger charge is -3.16. The van der Waals surface area contributed by atoms with Crippen molar-refractivity contribution >= 4 is 23.8 Å². The van der Waals surface area contributed by atoms with Crippen molar-refractivity contribution in [1.82, 2.24) is 4.90 Å². The van der Waals surface area contributed by atoms with Gasteiger partial charge in [0.2, 0.25) is 5.91 Å². The first-order valence-corrected chi connectivity index (χ1v) is 14.4. The number of nitrogens with zero attached hydrogens (tertiary/aromatic N) is 2. The summed E-state index contributed by atoms with van der Waals surface area (Å²) in [5.41, 5.74) is -9.90. The molecule has 9 nitrogen and oxygen atoms in total. The summed E-state index contributed by atoms with van der Waals surface area (Å²) >= 11 is 0. The maximum Gasteiger partial charge on any atom is 0.314 e. The second kappa shape index (κ2) is 7.22. The van der Waals surface area contributed by atoms with Gasteiger partial charge >= 0.3 is 17.9 Å². The molecule has 0 unspecified atom stereocenters. The van der Waals surface area contributed by atoms with Gasteiger partial charge in [-0.3, -0.25) is 19.2 Å². The van der Waals surface area contributed by atoms with Gasteiger partial charge in [-0.1, -0.05) is 0 Å². The molecule has 0 bridgehead atoms. The van der Waals surface area contributed by atoms with Gasteiger partial charge in [0.15, 0.2) is 0 Å². The number of carbonyl (C=O) groups excluding carboxylic acids is 4. The molecule has 9 heteroatoms. The Balaban J connectivity index is 1.79. The van der Waals surface area contributed by atoms with Crippen molar-refractivity contribution in [2.45, 2.75) is 119 Å². The number of esters is 3. The van der Waals surface area contributed by atoms with Crippen molar-refractivity contribution in [3.05, 3.63) is 0 Å². The molecule has 0 saturated heterocycles. The number of carbonyl (C=O) groups is 4. The molecule has 1 amide bonds. The fraction of sp³-hybridized carbons (Fsp3) is 0.839. The van der Waals surface area contributed by atoms with Gasteiger partial charge in [0.25, 0.3) is 0 Å². The second-order valence-electron chi connectivity index (χ2n) is 16.1. The summed E-state index contributed by atoms with van der Waals surface area (Å²) in [6.45, 7) is 23.1. The van der Waals surface area contributed by atoms with Crippen molar-refractivity contribution in [1.29, 1.82) is 5.26 Å². The first kappa shape index (κ1) is 28.9. The molecule has 6 saturated carbocycles. The molecule has 6 aliphatic rings. The van der Waals surface area contributed by atoms with Crippen LogP contribution in [0.2, 0.25) is 0 Å². The quantitative estimate of drug-likeness (QED) is 0.355. The van der Waals surface area contributed by atoms with Crippen LogP contribution in [-0.2, 0) is 33.4 Å². The molecule has 0 spiro atoms. The Morgan fingerprint density at radius 1 is 0.650 bits per heavy atom. The maximum atomic E-state index is 15.0. The summed E-state index contributed by atoms with van der Waals surface area (Å²) in [6.07, 6.45) is 0. The van der Waals surface area contributed by atoms with E-state index in [1.165, 1.54) is 0 Å². The minimum absolute atomic E-state index is 0.278. The summed E-state index contributed by atoms with van der Waals surface area (Å²) in [4.78, 5) is 59.5. The lowest BCUT2D eigenvalue weighted by atomic mass is 8.80. The van der Waals surface area contributed by atoms with Gasteiger partial charge in [0.1, 0.15) is 16.8 Å². The molecule has 6 rings (SSSR count). The lowest BCUT2D eigenvalue weighted by molar-refractivity contribution is -0.711. The van der Waals surface area contributed by atoms with E-state index in [1.807, 2.05) is 27.7 Å². The molecule has 0 aromatic heterocycles. The molecule has 0 N–H and O–H groups in total. The molecule has 0 aromatic rings. The first-order valence-electron chi connectivity index (χ1n) is 14.4. The van der Waals surface area contributed by atoms with Crippen molar-refractivity contribution in [2.75, 3.05) is 0 Å². The van der Waals surface area contributed by atoms with Crippen molar-refractivity contribution in [3.63, 3.8) is 0 Å². The molecule has 0 heterocycles. The van der Waals surface area contributed by atoms with Crippen LogP contribution in [-0.4, -0.2) is 57.6 Å². The average molecular weight is 557 g/mol. The smallest absolute Gasteiger partial charge is 0.314 e. The van der Waals surface area contributed by atoms with Crippen LogP contribution in [0.5, 0.6) is 0 Å². The van der Waals surface area contributed by atoms with Gasteiger partial charge in [-0.15, -0.1) is 0 Å². The monoisotopic (exact) mass is 556 g/mol. The SMILES string of the molecule is CC(C)N(C(=O)C12C3(C(=O)OC(C)(C)C)C4C5(C#N)C3C1(C(=O)OC(C)(C)C)C5C42C(=O)OC(C)(C)C)C(C)C. The van der Waals surface area contributed by atoms with Crippen LogP contribution in [0, 0.1) is 56.2 Å². The number of ether oxygens (including phenoxy) is 3. The highest BCUT2D eigenvalue weighted by Crippen LogP contribution is 3.22. The minimum Gasteiger partial charge on any atom is -0.459 e. The lowest BCUT2D eigenvalue weighted by Crippen LogP contribution is -3.25. The largest absolute Gasteiger partial charge is 0.459 e. The number of hydrogen-bond donors (Lipinski definition) is 0. The van der Waals surface area contributed by atoms with E-state index in [0.717, 1.165) is 0 Å². The number of hydrogen-bond acceptors (Lipinski definition) is 8. The van der Waals surface area contributed by atoms with E-state index < -0.39 is 85.4 Å². The first-order chi connectivity index (χ1) is 18.0. The number of amides is 1. The molecule has 0 radical (unpaired) electrons. The standard InChI is InChI=1S/C31H44N2O7/c1-15(2)33(16(3)4)20(34)31-28(21(35)38-24(5,6)7)17-27(14-32)18(28)30(31,23(37)40-26(11,12)13)19(27)29(17,31)22(36)39-25(8,9)10/h15-19H,1-13H3. The molecular weight excluding hydrogens is 512 g/mol. The molecule has 40 heavy (non-hydrogen) atoms. The van der Waals surface area contributed by atoms with Crippen LogP contribution in [0.1, 0.15) is 90.0 Å². The molecule has 6 fully saturated rings. The molecule has 220 valence electrons. The van der Waals surface area contributed by atoms with Crippen LogP contribution in [0.3, 0.4) is 0 Å². The van der Waals surface area contributed by atoms with E-state index in [-0.39, 0.29) is 12.1 Å². The van der Waals surface area contributed by atoms with E-state index in [9.17, 15) is 19.6 Å². The zero-order valence-electron chi connectivity index (χ0n) is 26.1. The average Bonchev–Trinajstić information content (AvgIpc) is 2.72. The summed E-state index contributed by atoms with van der Waals surface area (Å²) in [7, 11) is 0. The van der Waals surface area contributed by atoms with Crippen LogP contribution in [0.25, 0.3) is 0 Å². The Hall–Kier alpha value is -2.63.